The second-order valence-electron chi connectivity index (χ2n) is 7.02. The first-order chi connectivity index (χ1) is 13.9. The molecule has 3 rings (SSSR count). The number of hydrogen-bond donors (Lipinski definition) is 2. The van der Waals surface area contributed by atoms with Crippen molar-refractivity contribution in [1.29, 1.82) is 0 Å². The van der Waals surface area contributed by atoms with Gasteiger partial charge < -0.3 is 15.5 Å². The molecule has 6 heteroatoms. The minimum absolute atomic E-state index is 0.0840. The van der Waals surface area contributed by atoms with Gasteiger partial charge in [-0.1, -0.05) is 37.3 Å². The van der Waals surface area contributed by atoms with Crippen LogP contribution in [-0.4, -0.2) is 22.6 Å². The van der Waals surface area contributed by atoms with Crippen LogP contribution in [0.25, 0.3) is 6.08 Å². The van der Waals surface area contributed by atoms with Gasteiger partial charge in [0.15, 0.2) is 0 Å². The molecule has 1 heterocycles. The largest absolute Gasteiger partial charge is 0.326 e. The van der Waals surface area contributed by atoms with E-state index in [0.717, 1.165) is 16.7 Å². The third-order valence-corrected chi connectivity index (χ3v) is 5.05. The smallest absolute Gasteiger partial charge is 0.226 e. The number of nitrogens with zero attached hydrogens (tertiary/aromatic N) is 1. The normalized spacial score (nSPS) is 14.9. The summed E-state index contributed by atoms with van der Waals surface area (Å²) in [7, 11) is 0. The number of carbonyl (C=O) groups excluding carboxylic acids is 3. The Balaban J connectivity index is 1.80. The zero-order chi connectivity index (χ0) is 21.0. The Bertz CT molecular complexity index is 981. The van der Waals surface area contributed by atoms with Gasteiger partial charge >= 0.3 is 0 Å². The van der Waals surface area contributed by atoms with E-state index in [1.165, 1.54) is 6.92 Å². The van der Waals surface area contributed by atoms with Crippen molar-refractivity contribution in [2.24, 2.45) is 0 Å². The van der Waals surface area contributed by atoms with Gasteiger partial charge in [0.2, 0.25) is 17.7 Å². The average molecular weight is 391 g/mol. The van der Waals surface area contributed by atoms with Gasteiger partial charge in [-0.25, -0.2) is 0 Å². The van der Waals surface area contributed by atoms with Crippen LogP contribution < -0.4 is 10.6 Å². The van der Waals surface area contributed by atoms with E-state index in [1.54, 1.807) is 36.2 Å². The lowest BCUT2D eigenvalue weighted by molar-refractivity contribution is -0.129. The van der Waals surface area contributed by atoms with Crippen LogP contribution in [0.3, 0.4) is 0 Å². The highest BCUT2D eigenvalue weighted by Crippen LogP contribution is 2.33. The maximum Gasteiger partial charge on any atom is 0.226 e. The highest BCUT2D eigenvalue weighted by Gasteiger charge is 2.28. The molecule has 3 amide bonds. The molecule has 0 unspecified atom stereocenters. The van der Waals surface area contributed by atoms with E-state index in [0.29, 0.717) is 17.8 Å². The summed E-state index contributed by atoms with van der Waals surface area (Å²) < 4.78 is 0. The molecule has 0 saturated heterocycles. The third-order valence-electron chi connectivity index (χ3n) is 5.05. The first-order valence-corrected chi connectivity index (χ1v) is 9.66. The van der Waals surface area contributed by atoms with Crippen LogP contribution in [0, 0.1) is 6.92 Å². The number of fused-ring (bicyclic) bond motifs is 1. The van der Waals surface area contributed by atoms with Gasteiger partial charge in [-0.15, -0.1) is 0 Å². The van der Waals surface area contributed by atoms with Crippen molar-refractivity contribution >= 4 is 35.2 Å². The SMILES string of the molecule is CCC(=O)Nc1cccc(NC(=O)C[C@H]2c3ccccc3C=CN2C(C)=O)c1C. The molecular weight excluding hydrogens is 366 g/mol. The van der Waals surface area contributed by atoms with Crippen LogP contribution in [-0.2, 0) is 14.4 Å². The fraction of sp³-hybridized carbons (Fsp3) is 0.261. The van der Waals surface area contributed by atoms with E-state index in [9.17, 15) is 14.4 Å². The van der Waals surface area contributed by atoms with Crippen molar-refractivity contribution in [2.45, 2.75) is 39.7 Å². The van der Waals surface area contributed by atoms with Crippen LogP contribution in [0.5, 0.6) is 0 Å². The molecule has 0 bridgehead atoms. The summed E-state index contributed by atoms with van der Waals surface area (Å²) in [6.45, 7) is 5.13. The van der Waals surface area contributed by atoms with E-state index < -0.39 is 0 Å². The standard InChI is InChI=1S/C23H25N3O3/c1-4-22(28)24-19-10-7-11-20(15(19)2)25-23(29)14-21-18-9-6-5-8-17(18)12-13-26(21)16(3)27/h5-13,21H,4,14H2,1-3H3,(H,24,28)(H,25,29)/t21-/m0/s1. The van der Waals surface area contributed by atoms with Gasteiger partial charge in [-0.05, 0) is 41.8 Å². The zero-order valence-corrected chi connectivity index (χ0v) is 16.9. The molecule has 1 aliphatic heterocycles. The lowest BCUT2D eigenvalue weighted by atomic mass is 9.93. The molecule has 150 valence electrons. The molecule has 1 aliphatic rings. The number of amides is 3. The fourth-order valence-corrected chi connectivity index (χ4v) is 3.44. The molecule has 29 heavy (non-hydrogen) atoms. The molecule has 0 radical (unpaired) electrons. The molecule has 6 nitrogen and oxygen atoms in total. The van der Waals surface area contributed by atoms with Crippen molar-refractivity contribution in [2.75, 3.05) is 10.6 Å². The Labute approximate surface area is 170 Å². The quantitative estimate of drug-likeness (QED) is 0.800. The van der Waals surface area contributed by atoms with Crippen LogP contribution in [0.1, 0.15) is 49.4 Å². The molecule has 0 fully saturated rings. The van der Waals surface area contributed by atoms with Crippen LogP contribution in [0.15, 0.2) is 48.7 Å². The van der Waals surface area contributed by atoms with E-state index in [1.807, 2.05) is 37.3 Å². The van der Waals surface area contributed by atoms with Gasteiger partial charge in [0.05, 0.1) is 12.5 Å². The summed E-state index contributed by atoms with van der Waals surface area (Å²) in [5.41, 5.74) is 4.04. The molecule has 0 aromatic heterocycles. The maximum atomic E-state index is 12.8. The molecule has 0 saturated carbocycles. The minimum atomic E-state index is -0.364. The van der Waals surface area contributed by atoms with Crippen molar-refractivity contribution in [1.82, 2.24) is 4.90 Å². The first kappa shape index (κ1) is 20.3. The number of anilines is 2. The highest BCUT2D eigenvalue weighted by molar-refractivity contribution is 5.96. The molecule has 2 N–H and O–H groups in total. The number of carbonyl (C=O) groups is 3. The Hall–Kier alpha value is -3.41. The minimum Gasteiger partial charge on any atom is -0.326 e. The summed E-state index contributed by atoms with van der Waals surface area (Å²) >= 11 is 0. The number of rotatable bonds is 5. The van der Waals surface area contributed by atoms with Crippen LogP contribution in [0.4, 0.5) is 11.4 Å². The molecule has 0 aliphatic carbocycles. The summed E-state index contributed by atoms with van der Waals surface area (Å²) in [5, 5.41) is 5.76. The van der Waals surface area contributed by atoms with Crippen molar-refractivity contribution < 1.29 is 14.4 Å². The van der Waals surface area contributed by atoms with Gasteiger partial charge in [0.1, 0.15) is 0 Å². The molecule has 1 atom stereocenters. The maximum absolute atomic E-state index is 12.8. The lowest BCUT2D eigenvalue weighted by Gasteiger charge is -2.32. The molecule has 0 spiro atoms. The van der Waals surface area contributed by atoms with Gasteiger partial charge in [0.25, 0.3) is 0 Å². The molecular formula is C23H25N3O3. The predicted molar refractivity (Wildman–Crippen MR) is 114 cm³/mol. The average Bonchev–Trinajstić information content (AvgIpc) is 2.70. The monoisotopic (exact) mass is 391 g/mol. The van der Waals surface area contributed by atoms with E-state index in [4.69, 9.17) is 0 Å². The Morgan fingerprint density at radius 3 is 2.28 bits per heavy atom. The first-order valence-electron chi connectivity index (χ1n) is 9.66. The zero-order valence-electron chi connectivity index (χ0n) is 16.9. The summed E-state index contributed by atoms with van der Waals surface area (Å²) in [4.78, 5) is 38.2. The second-order valence-corrected chi connectivity index (χ2v) is 7.02. The third kappa shape index (κ3) is 4.54. The predicted octanol–water partition coefficient (Wildman–Crippen LogP) is 4.25. The summed E-state index contributed by atoms with van der Waals surface area (Å²) in [5.74, 6) is -0.401. The number of benzene rings is 2. The van der Waals surface area contributed by atoms with Crippen molar-refractivity contribution in [3.63, 3.8) is 0 Å². The van der Waals surface area contributed by atoms with E-state index in [2.05, 4.69) is 10.6 Å². The van der Waals surface area contributed by atoms with Gasteiger partial charge in [0, 0.05) is 30.9 Å². The fourth-order valence-electron chi connectivity index (χ4n) is 3.44. The van der Waals surface area contributed by atoms with Crippen LogP contribution in [0.2, 0.25) is 0 Å². The Morgan fingerprint density at radius 2 is 1.62 bits per heavy atom. The van der Waals surface area contributed by atoms with Gasteiger partial charge in [-0.2, -0.15) is 0 Å². The highest BCUT2D eigenvalue weighted by atomic mass is 16.2. The van der Waals surface area contributed by atoms with Crippen molar-refractivity contribution in [3.8, 4) is 0 Å². The van der Waals surface area contributed by atoms with Crippen LogP contribution >= 0.6 is 0 Å². The Kier molecular flexibility index (Phi) is 6.12. The van der Waals surface area contributed by atoms with Gasteiger partial charge in [-0.3, -0.25) is 14.4 Å². The topological polar surface area (TPSA) is 78.5 Å². The summed E-state index contributed by atoms with van der Waals surface area (Å²) in [6.07, 6.45) is 4.13. The second kappa shape index (κ2) is 8.73. The van der Waals surface area contributed by atoms with E-state index in [-0.39, 0.29) is 30.2 Å². The Morgan fingerprint density at radius 1 is 0.966 bits per heavy atom. The molecule has 2 aromatic carbocycles. The summed E-state index contributed by atoms with van der Waals surface area (Å²) in [6, 6.07) is 12.8. The number of hydrogen-bond acceptors (Lipinski definition) is 3. The lowest BCUT2D eigenvalue weighted by Crippen LogP contribution is -2.33. The molecule has 2 aromatic rings. The number of nitrogens with one attached hydrogen (secondary N) is 2. The van der Waals surface area contributed by atoms with Crippen molar-refractivity contribution in [3.05, 3.63) is 65.4 Å². The van der Waals surface area contributed by atoms with E-state index >= 15 is 0 Å².